The lowest BCUT2D eigenvalue weighted by atomic mass is 9.83. The lowest BCUT2D eigenvalue weighted by Gasteiger charge is -2.34. The first-order chi connectivity index (χ1) is 19.0. The van der Waals surface area contributed by atoms with Crippen LogP contribution in [0.3, 0.4) is 0 Å². The van der Waals surface area contributed by atoms with Crippen molar-refractivity contribution in [3.05, 3.63) is 53.4 Å². The topological polar surface area (TPSA) is 77.2 Å². The Hall–Kier alpha value is -3.03. The molecular weight excluding hydrogens is 513 g/mol. The lowest BCUT2D eigenvalue weighted by Crippen LogP contribution is -2.47. The number of hydrogen-bond donors (Lipinski definition) is 1. The molecule has 2 aromatic carbocycles. The first-order valence-corrected chi connectivity index (χ1v) is 14.6. The van der Waals surface area contributed by atoms with Gasteiger partial charge in [-0.3, -0.25) is 4.98 Å². The smallest absolute Gasteiger partial charge is 0.319 e. The molecule has 1 aliphatic heterocycles. The van der Waals surface area contributed by atoms with Crippen LogP contribution in [0, 0.1) is 17.7 Å². The van der Waals surface area contributed by atoms with Crippen LogP contribution in [-0.2, 0) is 0 Å². The number of nitrogens with zero attached hydrogens (tertiary/aromatic N) is 4. The minimum absolute atomic E-state index is 0.179. The average Bonchev–Trinajstić information content (AvgIpc) is 3.29. The van der Waals surface area contributed by atoms with E-state index in [0.29, 0.717) is 40.2 Å². The second-order valence-corrected chi connectivity index (χ2v) is 12.2. The molecule has 7 rings (SSSR count). The van der Waals surface area contributed by atoms with Crippen molar-refractivity contribution >= 4 is 39.1 Å². The van der Waals surface area contributed by atoms with Gasteiger partial charge in [0.2, 0.25) is 0 Å². The molecule has 2 saturated carbocycles. The molecule has 2 aliphatic carbocycles. The van der Waals surface area contributed by atoms with Crippen molar-refractivity contribution in [2.75, 3.05) is 24.6 Å². The fourth-order valence-corrected chi connectivity index (χ4v) is 7.28. The van der Waals surface area contributed by atoms with E-state index in [4.69, 9.17) is 27.1 Å². The molecule has 0 radical (unpaired) electrons. The van der Waals surface area contributed by atoms with Crippen molar-refractivity contribution in [2.45, 2.75) is 56.9 Å². The Morgan fingerprint density at radius 3 is 2.54 bits per heavy atom. The molecule has 3 aliphatic rings. The molecule has 3 fully saturated rings. The summed E-state index contributed by atoms with van der Waals surface area (Å²) in [6.07, 6.45) is 10.7. The Labute approximate surface area is 232 Å². The summed E-state index contributed by atoms with van der Waals surface area (Å²) in [5, 5.41) is 2.86. The molecular formula is C31H33ClFN5O. The third kappa shape index (κ3) is 4.59. The van der Waals surface area contributed by atoms with Gasteiger partial charge in [-0.1, -0.05) is 61.2 Å². The summed E-state index contributed by atoms with van der Waals surface area (Å²) in [7, 11) is 0. The molecule has 0 amide bonds. The summed E-state index contributed by atoms with van der Waals surface area (Å²) >= 11 is 6.58. The van der Waals surface area contributed by atoms with Gasteiger partial charge in [0.1, 0.15) is 23.6 Å². The molecule has 0 spiro atoms. The molecule has 4 aromatic rings. The summed E-state index contributed by atoms with van der Waals surface area (Å²) < 4.78 is 22.6. The molecule has 2 unspecified atom stereocenters. The van der Waals surface area contributed by atoms with Crippen LogP contribution >= 0.6 is 11.6 Å². The number of aromatic nitrogens is 3. The minimum Gasteiger partial charge on any atom is -0.461 e. The fraction of sp³-hybridized carbons (Fsp3) is 0.452. The van der Waals surface area contributed by atoms with Crippen LogP contribution in [0.25, 0.3) is 32.9 Å². The van der Waals surface area contributed by atoms with Crippen LogP contribution in [0.4, 0.5) is 10.2 Å². The highest BCUT2D eigenvalue weighted by Crippen LogP contribution is 2.41. The van der Waals surface area contributed by atoms with Gasteiger partial charge >= 0.3 is 6.01 Å². The number of hydrogen-bond acceptors (Lipinski definition) is 6. The highest BCUT2D eigenvalue weighted by Gasteiger charge is 2.35. The first-order valence-electron chi connectivity index (χ1n) is 14.2. The zero-order valence-electron chi connectivity index (χ0n) is 22.0. The molecule has 2 bridgehead atoms. The Morgan fingerprint density at radius 2 is 1.77 bits per heavy atom. The third-order valence-corrected chi connectivity index (χ3v) is 9.31. The van der Waals surface area contributed by atoms with Crippen LogP contribution in [-0.4, -0.2) is 40.2 Å². The SMILES string of the molecule is NC1(COc2nc(N3CC4CCC(C4)C3)c3cnc(-c4cccc5cccc(Cl)c45)c(F)c3n2)CCCCC1. The third-order valence-electron chi connectivity index (χ3n) is 9.00. The van der Waals surface area contributed by atoms with Crippen LogP contribution < -0.4 is 15.4 Å². The van der Waals surface area contributed by atoms with Gasteiger partial charge in [0, 0.05) is 35.3 Å². The van der Waals surface area contributed by atoms with Crippen LogP contribution in [0.15, 0.2) is 42.6 Å². The second-order valence-electron chi connectivity index (χ2n) is 11.8. The van der Waals surface area contributed by atoms with Gasteiger partial charge in [-0.05, 0) is 55.4 Å². The number of piperidine rings is 1. The summed E-state index contributed by atoms with van der Waals surface area (Å²) in [4.78, 5) is 16.4. The quantitative estimate of drug-likeness (QED) is 0.293. The van der Waals surface area contributed by atoms with E-state index in [0.717, 1.165) is 49.5 Å². The van der Waals surface area contributed by atoms with Gasteiger partial charge in [0.05, 0.1) is 10.9 Å². The summed E-state index contributed by atoms with van der Waals surface area (Å²) in [6.45, 7) is 2.14. The monoisotopic (exact) mass is 545 g/mol. The van der Waals surface area contributed by atoms with E-state index in [1.807, 2.05) is 36.4 Å². The van der Waals surface area contributed by atoms with Gasteiger partial charge in [-0.2, -0.15) is 9.97 Å². The standard InChI is InChI=1S/C31H33ClFN5O/c32-24-9-5-7-21-6-4-8-22(25(21)24)27-26(33)28-23(15-35-27)29(38-16-19-10-11-20(14-19)17-38)37-30(36-28)39-18-31(34)12-2-1-3-13-31/h4-9,15,19-20H,1-3,10-14,16-18,34H2. The molecule has 2 atom stereocenters. The van der Waals surface area contributed by atoms with Gasteiger partial charge < -0.3 is 15.4 Å². The predicted octanol–water partition coefficient (Wildman–Crippen LogP) is 6.91. The maximum atomic E-state index is 16.5. The zero-order valence-corrected chi connectivity index (χ0v) is 22.8. The van der Waals surface area contributed by atoms with E-state index < -0.39 is 11.4 Å². The zero-order chi connectivity index (χ0) is 26.6. The lowest BCUT2D eigenvalue weighted by molar-refractivity contribution is 0.164. The molecule has 39 heavy (non-hydrogen) atoms. The summed E-state index contributed by atoms with van der Waals surface area (Å²) in [5.74, 6) is 1.49. The highest BCUT2D eigenvalue weighted by atomic mass is 35.5. The number of benzene rings is 2. The molecule has 3 heterocycles. The van der Waals surface area contributed by atoms with E-state index >= 15 is 4.39 Å². The van der Waals surface area contributed by atoms with E-state index in [1.165, 1.54) is 25.7 Å². The number of nitrogens with two attached hydrogens (primary N) is 1. The van der Waals surface area contributed by atoms with Crippen molar-refractivity contribution in [3.63, 3.8) is 0 Å². The van der Waals surface area contributed by atoms with Gasteiger partial charge in [-0.15, -0.1) is 0 Å². The van der Waals surface area contributed by atoms with Crippen molar-refractivity contribution in [1.29, 1.82) is 0 Å². The van der Waals surface area contributed by atoms with Gasteiger partial charge in [0.25, 0.3) is 0 Å². The van der Waals surface area contributed by atoms with Gasteiger partial charge in [0.15, 0.2) is 5.82 Å². The Balaban J connectivity index is 1.35. The largest absolute Gasteiger partial charge is 0.461 e. The van der Waals surface area contributed by atoms with E-state index in [2.05, 4.69) is 14.9 Å². The summed E-state index contributed by atoms with van der Waals surface area (Å²) in [5.41, 5.74) is 7.33. The molecule has 2 aromatic heterocycles. The predicted molar refractivity (Wildman–Crippen MR) is 154 cm³/mol. The molecule has 6 nitrogen and oxygen atoms in total. The number of fused-ring (bicyclic) bond motifs is 4. The molecule has 2 N–H and O–H groups in total. The normalized spacial score (nSPS) is 22.5. The second kappa shape index (κ2) is 9.86. The number of pyridine rings is 1. The van der Waals surface area contributed by atoms with Crippen LogP contribution in [0.5, 0.6) is 6.01 Å². The van der Waals surface area contributed by atoms with Crippen LogP contribution in [0.2, 0.25) is 5.02 Å². The molecule has 1 saturated heterocycles. The number of ether oxygens (including phenoxy) is 1. The Morgan fingerprint density at radius 1 is 1.03 bits per heavy atom. The van der Waals surface area contributed by atoms with Crippen molar-refractivity contribution in [2.24, 2.45) is 17.6 Å². The number of halogens is 2. The van der Waals surface area contributed by atoms with Crippen molar-refractivity contribution < 1.29 is 9.13 Å². The maximum Gasteiger partial charge on any atom is 0.319 e. The van der Waals surface area contributed by atoms with E-state index in [-0.39, 0.29) is 17.2 Å². The minimum atomic E-state index is -0.492. The Bertz CT molecular complexity index is 1540. The van der Waals surface area contributed by atoms with E-state index in [9.17, 15) is 0 Å². The fourth-order valence-electron chi connectivity index (χ4n) is 7.00. The maximum absolute atomic E-state index is 16.5. The van der Waals surface area contributed by atoms with Crippen molar-refractivity contribution in [1.82, 2.24) is 15.0 Å². The Kier molecular flexibility index (Phi) is 6.31. The van der Waals surface area contributed by atoms with Crippen molar-refractivity contribution in [3.8, 4) is 17.3 Å². The average molecular weight is 546 g/mol. The number of anilines is 1. The molecule has 202 valence electrons. The first kappa shape index (κ1) is 25.0. The highest BCUT2D eigenvalue weighted by molar-refractivity contribution is 6.36. The van der Waals surface area contributed by atoms with Gasteiger partial charge in [-0.25, -0.2) is 4.39 Å². The molecule has 8 heteroatoms. The summed E-state index contributed by atoms with van der Waals surface area (Å²) in [6, 6.07) is 11.6. The van der Waals surface area contributed by atoms with E-state index in [1.54, 1.807) is 6.20 Å². The number of rotatable bonds is 5. The van der Waals surface area contributed by atoms with Crippen LogP contribution in [0.1, 0.15) is 51.4 Å².